The van der Waals surface area contributed by atoms with Gasteiger partial charge in [-0.05, 0) is 44.0 Å². The number of fused-ring (bicyclic) bond motifs is 1. The number of nitrogens with zero attached hydrogens (tertiary/aromatic N) is 1. The number of aromatic nitrogens is 2. The maximum absolute atomic E-state index is 12.4. The van der Waals surface area contributed by atoms with Gasteiger partial charge >= 0.3 is 5.69 Å². The fraction of sp³-hybridized carbons (Fsp3) is 0.353. The number of nitrogens with one attached hydrogen (secondary N) is 2. The van der Waals surface area contributed by atoms with Crippen LogP contribution >= 0.6 is 0 Å². The average Bonchev–Trinajstić information content (AvgIpc) is 2.53. The molecule has 2 N–H and O–H groups in total. The highest BCUT2D eigenvalue weighted by molar-refractivity contribution is 5.92. The monoisotopic (exact) mass is 329 g/mol. The quantitative estimate of drug-likeness (QED) is 0.890. The van der Waals surface area contributed by atoms with Crippen molar-refractivity contribution in [3.63, 3.8) is 0 Å². The maximum Gasteiger partial charge on any atom is 0.347 e. The first-order valence-electron chi connectivity index (χ1n) is 7.82. The second kappa shape index (κ2) is 6.74. The van der Waals surface area contributed by atoms with E-state index in [9.17, 15) is 9.59 Å². The number of benzene rings is 1. The molecule has 0 saturated carbocycles. The van der Waals surface area contributed by atoms with E-state index in [0.29, 0.717) is 18.7 Å². The number of H-pyrrole nitrogens is 1. The zero-order valence-corrected chi connectivity index (χ0v) is 13.6. The van der Waals surface area contributed by atoms with Crippen molar-refractivity contribution in [2.24, 2.45) is 5.92 Å². The first-order valence-corrected chi connectivity index (χ1v) is 7.82. The number of ether oxygens (including phenoxy) is 2. The van der Waals surface area contributed by atoms with Crippen LogP contribution in [0.3, 0.4) is 0 Å². The third-order valence-corrected chi connectivity index (χ3v) is 3.75. The van der Waals surface area contributed by atoms with Crippen LogP contribution in [0.4, 0.5) is 5.82 Å². The lowest BCUT2D eigenvalue weighted by Crippen LogP contribution is -2.33. The van der Waals surface area contributed by atoms with Gasteiger partial charge in [-0.2, -0.15) is 4.98 Å². The van der Waals surface area contributed by atoms with Crippen LogP contribution in [-0.4, -0.2) is 29.1 Å². The van der Waals surface area contributed by atoms with Crippen molar-refractivity contribution in [2.45, 2.75) is 20.3 Å². The number of hydrogen-bond acceptors (Lipinski definition) is 5. The van der Waals surface area contributed by atoms with Gasteiger partial charge in [0, 0.05) is 11.8 Å². The first kappa shape index (κ1) is 16.0. The van der Waals surface area contributed by atoms with Crippen molar-refractivity contribution in [3.8, 4) is 11.5 Å². The molecular weight excluding hydrogens is 310 g/mol. The molecule has 0 bridgehead atoms. The Morgan fingerprint density at radius 2 is 2.29 bits per heavy atom. The number of amides is 1. The Hall–Kier alpha value is -2.83. The Morgan fingerprint density at radius 3 is 3.04 bits per heavy atom. The third-order valence-electron chi connectivity index (χ3n) is 3.75. The van der Waals surface area contributed by atoms with Crippen LogP contribution in [0.2, 0.25) is 0 Å². The summed E-state index contributed by atoms with van der Waals surface area (Å²) in [7, 11) is 0. The molecule has 1 aliphatic rings. The molecule has 126 valence electrons. The highest BCUT2D eigenvalue weighted by Gasteiger charge is 2.26. The van der Waals surface area contributed by atoms with Crippen LogP contribution in [0.15, 0.2) is 29.1 Å². The summed E-state index contributed by atoms with van der Waals surface area (Å²) in [4.78, 5) is 30.1. The molecule has 1 atom stereocenters. The standard InChI is InChI=1S/C17H19N3O4/c1-3-23-13-4-5-14-11(8-13)7-12(9-24-14)16(21)19-15-6-10(2)18-17(22)20-15/h4-6,8,12H,3,7,9H2,1-2H3,(H2,18,19,20,21,22). The molecule has 0 radical (unpaired) electrons. The second-order valence-corrected chi connectivity index (χ2v) is 5.66. The molecule has 24 heavy (non-hydrogen) atoms. The first-order chi connectivity index (χ1) is 11.5. The zero-order chi connectivity index (χ0) is 17.1. The molecule has 1 unspecified atom stereocenters. The number of carbonyl (C=O) groups excluding carboxylic acids is 1. The number of anilines is 1. The fourth-order valence-electron chi connectivity index (χ4n) is 2.67. The summed E-state index contributed by atoms with van der Waals surface area (Å²) in [5.74, 6) is 1.20. The molecule has 2 heterocycles. The normalized spacial score (nSPS) is 16.0. The second-order valence-electron chi connectivity index (χ2n) is 5.66. The summed E-state index contributed by atoms with van der Waals surface area (Å²) in [6.45, 7) is 4.52. The van der Waals surface area contributed by atoms with Gasteiger partial charge in [0.25, 0.3) is 0 Å². The number of aryl methyl sites for hydroxylation is 1. The van der Waals surface area contributed by atoms with Gasteiger partial charge in [-0.1, -0.05) is 0 Å². The molecule has 0 aliphatic carbocycles. The number of hydrogen-bond donors (Lipinski definition) is 2. The van der Waals surface area contributed by atoms with E-state index in [4.69, 9.17) is 9.47 Å². The van der Waals surface area contributed by atoms with Crippen LogP contribution in [-0.2, 0) is 11.2 Å². The molecule has 1 aromatic heterocycles. The van der Waals surface area contributed by atoms with E-state index in [1.807, 2.05) is 25.1 Å². The van der Waals surface area contributed by atoms with Crippen LogP contribution in [0, 0.1) is 12.8 Å². The number of rotatable bonds is 4. The van der Waals surface area contributed by atoms with E-state index in [1.165, 1.54) is 0 Å². The number of aromatic amines is 1. The number of carbonyl (C=O) groups is 1. The van der Waals surface area contributed by atoms with E-state index in [2.05, 4.69) is 15.3 Å². The smallest absolute Gasteiger partial charge is 0.347 e. The van der Waals surface area contributed by atoms with Crippen LogP contribution in [0.25, 0.3) is 0 Å². The van der Waals surface area contributed by atoms with E-state index in [-0.39, 0.29) is 24.2 Å². The predicted octanol–water partition coefficient (Wildman–Crippen LogP) is 1.67. The molecule has 0 saturated heterocycles. The molecule has 1 aliphatic heterocycles. The van der Waals surface area contributed by atoms with Crippen molar-refractivity contribution in [1.29, 1.82) is 0 Å². The predicted molar refractivity (Wildman–Crippen MR) is 88.5 cm³/mol. The molecule has 0 spiro atoms. The van der Waals surface area contributed by atoms with Crippen molar-refractivity contribution < 1.29 is 14.3 Å². The Bertz CT molecular complexity index is 816. The Balaban J connectivity index is 1.73. The zero-order valence-electron chi connectivity index (χ0n) is 13.6. The van der Waals surface area contributed by atoms with E-state index >= 15 is 0 Å². The lowest BCUT2D eigenvalue weighted by atomic mass is 9.96. The topological polar surface area (TPSA) is 93.3 Å². The lowest BCUT2D eigenvalue weighted by molar-refractivity contribution is -0.121. The maximum atomic E-state index is 12.4. The molecule has 1 amide bonds. The van der Waals surface area contributed by atoms with Crippen LogP contribution in [0.1, 0.15) is 18.2 Å². The average molecular weight is 329 g/mol. The molecule has 0 fully saturated rings. The molecule has 2 aromatic rings. The Morgan fingerprint density at radius 1 is 1.46 bits per heavy atom. The van der Waals surface area contributed by atoms with Gasteiger partial charge in [0.2, 0.25) is 5.91 Å². The van der Waals surface area contributed by atoms with Gasteiger partial charge in [-0.25, -0.2) is 4.79 Å². The van der Waals surface area contributed by atoms with Gasteiger partial charge in [-0.3, -0.25) is 4.79 Å². The highest BCUT2D eigenvalue weighted by Crippen LogP contribution is 2.31. The van der Waals surface area contributed by atoms with E-state index in [0.717, 1.165) is 17.1 Å². The van der Waals surface area contributed by atoms with E-state index in [1.54, 1.807) is 13.0 Å². The fourth-order valence-corrected chi connectivity index (χ4v) is 2.67. The summed E-state index contributed by atoms with van der Waals surface area (Å²) in [5.41, 5.74) is 1.08. The van der Waals surface area contributed by atoms with E-state index < -0.39 is 5.69 Å². The summed E-state index contributed by atoms with van der Waals surface area (Å²) in [5, 5.41) is 2.68. The summed E-state index contributed by atoms with van der Waals surface area (Å²) >= 11 is 0. The Labute approximate surface area is 139 Å². The highest BCUT2D eigenvalue weighted by atomic mass is 16.5. The van der Waals surface area contributed by atoms with Crippen molar-refractivity contribution >= 4 is 11.7 Å². The summed E-state index contributed by atoms with van der Waals surface area (Å²) in [6.07, 6.45) is 0.546. The van der Waals surface area contributed by atoms with Gasteiger partial charge < -0.3 is 19.8 Å². The van der Waals surface area contributed by atoms with Crippen molar-refractivity contribution in [2.75, 3.05) is 18.5 Å². The van der Waals surface area contributed by atoms with Crippen LogP contribution < -0.4 is 20.5 Å². The Kier molecular flexibility index (Phi) is 4.50. The minimum absolute atomic E-state index is 0.222. The summed E-state index contributed by atoms with van der Waals surface area (Å²) < 4.78 is 11.2. The molecule has 7 nitrogen and oxygen atoms in total. The lowest BCUT2D eigenvalue weighted by Gasteiger charge is -2.25. The SMILES string of the molecule is CCOc1ccc2c(c1)CC(C(=O)Nc1cc(C)[nH]c(=O)n1)CO2. The minimum Gasteiger partial charge on any atom is -0.494 e. The van der Waals surface area contributed by atoms with Gasteiger partial charge in [0.1, 0.15) is 23.9 Å². The molecule has 7 heteroatoms. The van der Waals surface area contributed by atoms with Crippen molar-refractivity contribution in [1.82, 2.24) is 9.97 Å². The molecular formula is C17H19N3O4. The van der Waals surface area contributed by atoms with Gasteiger partial charge in [0.05, 0.1) is 12.5 Å². The van der Waals surface area contributed by atoms with Gasteiger partial charge in [-0.15, -0.1) is 0 Å². The minimum atomic E-state index is -0.489. The van der Waals surface area contributed by atoms with Gasteiger partial charge in [0.15, 0.2) is 0 Å². The molecule has 1 aromatic carbocycles. The molecule has 3 rings (SSSR count). The van der Waals surface area contributed by atoms with Crippen molar-refractivity contribution in [3.05, 3.63) is 46.0 Å². The summed E-state index contributed by atoms with van der Waals surface area (Å²) in [6, 6.07) is 7.22. The third kappa shape index (κ3) is 3.56. The largest absolute Gasteiger partial charge is 0.494 e. The van der Waals surface area contributed by atoms with Crippen LogP contribution in [0.5, 0.6) is 11.5 Å².